The van der Waals surface area contributed by atoms with Crippen molar-refractivity contribution < 1.29 is 29.3 Å². The number of nitrogens with one attached hydrogen (secondary N) is 1. The Hall–Kier alpha value is -4.14. The number of aryl methyl sites for hydroxylation is 1. The summed E-state index contributed by atoms with van der Waals surface area (Å²) < 4.78 is 5.79. The maximum Gasteiger partial charge on any atom is 0.303 e. The molecule has 7 N–H and O–H groups in total. The number of nitrogens with two attached hydrogens (primary N) is 2. The van der Waals surface area contributed by atoms with Crippen molar-refractivity contribution in [2.45, 2.75) is 129 Å². The molecule has 8 rings (SSSR count). The van der Waals surface area contributed by atoms with Crippen LogP contribution < -0.4 is 11.5 Å². The van der Waals surface area contributed by atoms with Crippen molar-refractivity contribution in [3.63, 3.8) is 0 Å². The standard InChI is InChI=1S/C23H29ClO4.C20H24O2.C4H11N5/c1-13(25)23(28-14(2)26)10-7-18-16-12-20(24)19-11-15(27)5-8-21(19,3)17(16)6-9-22(18,23)4;1-3-20(22)11-9-18-17-6-4-13-12-14(21)5-7-15(13)16(17)8-10-19(18,20)2;1-9(2)4(7)8-3(5)6/h11-12,16-18H,5-10H2,1-4H3;1,5,7,12,16-18,21-22H,4,6,8-11H2,2H3;1-2H3,(H5,5,6,7,8)/t16-,17+,18+,21-,22+,23+;16-,17-,18+,19+,20+;/m11./s1. The summed E-state index contributed by atoms with van der Waals surface area (Å²) in [6.45, 7) is 9.54. The summed E-state index contributed by atoms with van der Waals surface area (Å²) in [6, 6.07) is 5.87. The lowest BCUT2D eigenvalue weighted by Crippen LogP contribution is -2.58. The number of Topliss-reactive ketones (excluding diaryl/α,β-unsaturated/α-hetero) is 1. The zero-order valence-electron chi connectivity index (χ0n) is 35.9. The van der Waals surface area contributed by atoms with Gasteiger partial charge in [-0.25, -0.2) is 0 Å². The minimum atomic E-state index is -1.03. The summed E-state index contributed by atoms with van der Waals surface area (Å²) in [5, 5.41) is 28.4. The van der Waals surface area contributed by atoms with E-state index in [4.69, 9.17) is 39.6 Å². The third-order valence-corrected chi connectivity index (χ3v) is 16.7. The highest BCUT2D eigenvalue weighted by atomic mass is 35.5. The van der Waals surface area contributed by atoms with E-state index in [0.717, 1.165) is 69.8 Å². The van der Waals surface area contributed by atoms with Crippen LogP contribution in [0.2, 0.25) is 0 Å². The van der Waals surface area contributed by atoms with E-state index in [1.54, 1.807) is 27.1 Å². The number of nitrogens with zero attached hydrogens (tertiary/aromatic N) is 2. The smallest absolute Gasteiger partial charge is 0.303 e. The number of hydrogen-bond donors (Lipinski definition) is 5. The number of halogens is 1. The summed E-state index contributed by atoms with van der Waals surface area (Å²) in [6.07, 6.45) is 20.3. The molecule has 0 amide bonds. The lowest BCUT2D eigenvalue weighted by molar-refractivity contribution is -0.185. The van der Waals surface area contributed by atoms with E-state index in [1.165, 1.54) is 23.0 Å². The van der Waals surface area contributed by atoms with Gasteiger partial charge < -0.3 is 31.3 Å². The maximum absolute atomic E-state index is 12.7. The summed E-state index contributed by atoms with van der Waals surface area (Å²) in [5.74, 6) is 5.36. The fourth-order valence-corrected chi connectivity index (χ4v) is 13.6. The molecule has 0 aromatic heterocycles. The van der Waals surface area contributed by atoms with Crippen molar-refractivity contribution in [2.75, 3.05) is 14.1 Å². The van der Waals surface area contributed by atoms with Crippen LogP contribution in [0, 0.1) is 63.6 Å². The first-order valence-corrected chi connectivity index (χ1v) is 21.7. The zero-order valence-corrected chi connectivity index (χ0v) is 36.6. The molecule has 11 atom stereocenters. The van der Waals surface area contributed by atoms with Gasteiger partial charge in [0.05, 0.1) is 0 Å². The molecule has 59 heavy (non-hydrogen) atoms. The van der Waals surface area contributed by atoms with Gasteiger partial charge in [-0.15, -0.1) is 6.42 Å². The van der Waals surface area contributed by atoms with Crippen LogP contribution in [0.5, 0.6) is 5.75 Å². The van der Waals surface area contributed by atoms with Crippen molar-refractivity contribution in [1.82, 2.24) is 4.90 Å². The minimum Gasteiger partial charge on any atom is -0.508 e. The quantitative estimate of drug-likeness (QED) is 0.0894. The summed E-state index contributed by atoms with van der Waals surface area (Å²) in [7, 11) is 3.38. The predicted octanol–water partition coefficient (Wildman–Crippen LogP) is 7.12. The Kier molecular flexibility index (Phi) is 12.1. The molecule has 1 aromatic carbocycles. The number of fused-ring (bicyclic) bond motifs is 10. The van der Waals surface area contributed by atoms with E-state index in [2.05, 4.69) is 43.8 Å². The Labute approximate surface area is 354 Å². The number of esters is 1. The maximum atomic E-state index is 12.7. The molecule has 320 valence electrons. The number of aliphatic imine (C=N–C) groups is 1. The molecule has 1 aromatic rings. The normalized spacial score (nSPS) is 38.4. The summed E-state index contributed by atoms with van der Waals surface area (Å²) in [5.41, 5.74) is 11.1. The zero-order chi connectivity index (χ0) is 43.5. The van der Waals surface area contributed by atoms with Gasteiger partial charge in [-0.05, 0) is 153 Å². The Morgan fingerprint density at radius 1 is 0.966 bits per heavy atom. The number of phenols is 1. The van der Waals surface area contributed by atoms with Gasteiger partial charge >= 0.3 is 5.97 Å². The second-order valence-electron chi connectivity index (χ2n) is 19.3. The Bertz CT molecular complexity index is 2030. The van der Waals surface area contributed by atoms with Crippen molar-refractivity contribution in [1.29, 1.82) is 5.41 Å². The number of hydrogen-bond acceptors (Lipinski definition) is 7. The van der Waals surface area contributed by atoms with Gasteiger partial charge in [-0.1, -0.05) is 50.4 Å². The molecule has 0 bridgehead atoms. The molecule has 0 radical (unpaired) electrons. The summed E-state index contributed by atoms with van der Waals surface area (Å²) >= 11 is 6.71. The Balaban J connectivity index is 0.000000168. The van der Waals surface area contributed by atoms with E-state index >= 15 is 0 Å². The molecule has 7 aliphatic carbocycles. The molecule has 0 aliphatic heterocycles. The number of guanidine groups is 2. The first kappa shape index (κ1) is 44.4. The van der Waals surface area contributed by atoms with Crippen LogP contribution in [-0.4, -0.2) is 69.9 Å². The molecule has 12 heteroatoms. The van der Waals surface area contributed by atoms with Crippen LogP contribution in [0.3, 0.4) is 0 Å². The first-order chi connectivity index (χ1) is 27.6. The molecular formula is C47H64ClN5O6. The van der Waals surface area contributed by atoms with Gasteiger partial charge in [0.25, 0.3) is 0 Å². The number of phenolic OH excluding ortho intramolecular Hbond substituents is 1. The molecule has 7 aliphatic rings. The number of benzene rings is 1. The molecule has 11 nitrogen and oxygen atoms in total. The monoisotopic (exact) mass is 829 g/mol. The van der Waals surface area contributed by atoms with Crippen LogP contribution in [0.15, 0.2) is 45.9 Å². The van der Waals surface area contributed by atoms with Gasteiger partial charge in [0.2, 0.25) is 5.96 Å². The average molecular weight is 831 g/mol. The molecule has 4 saturated carbocycles. The number of carbonyl (C=O) groups excluding carboxylic acids is 3. The van der Waals surface area contributed by atoms with Gasteiger partial charge in [0.15, 0.2) is 23.1 Å². The Morgan fingerprint density at radius 3 is 2.24 bits per heavy atom. The number of ether oxygens (including phenoxy) is 1. The van der Waals surface area contributed by atoms with Crippen LogP contribution in [0.25, 0.3) is 0 Å². The number of aromatic hydroxyl groups is 1. The van der Waals surface area contributed by atoms with Crippen LogP contribution >= 0.6 is 11.6 Å². The van der Waals surface area contributed by atoms with E-state index in [0.29, 0.717) is 47.3 Å². The van der Waals surface area contributed by atoms with Crippen molar-refractivity contribution in [3.8, 4) is 18.1 Å². The average Bonchev–Trinajstić information content (AvgIpc) is 3.62. The second kappa shape index (κ2) is 16.0. The highest BCUT2D eigenvalue weighted by molar-refractivity contribution is 6.32. The van der Waals surface area contributed by atoms with E-state index in [1.807, 2.05) is 12.1 Å². The van der Waals surface area contributed by atoms with E-state index in [-0.39, 0.29) is 57.5 Å². The summed E-state index contributed by atoms with van der Waals surface area (Å²) in [4.78, 5) is 41.6. The first-order valence-electron chi connectivity index (χ1n) is 21.3. The number of rotatable bonds is 2. The second-order valence-corrected chi connectivity index (χ2v) is 19.7. The van der Waals surface area contributed by atoms with Crippen molar-refractivity contribution >= 4 is 41.1 Å². The number of carbonyl (C=O) groups is 3. The van der Waals surface area contributed by atoms with Crippen molar-refractivity contribution in [2.24, 2.45) is 62.3 Å². The fraction of sp³-hybridized carbons (Fsp3) is 0.638. The number of aliphatic hydroxyl groups is 1. The van der Waals surface area contributed by atoms with Gasteiger partial charge in [0, 0.05) is 43.3 Å². The molecule has 0 unspecified atom stereocenters. The van der Waals surface area contributed by atoms with Gasteiger partial charge in [0.1, 0.15) is 11.4 Å². The van der Waals surface area contributed by atoms with Crippen LogP contribution in [-0.2, 0) is 25.5 Å². The largest absolute Gasteiger partial charge is 0.508 e. The third kappa shape index (κ3) is 7.41. The van der Waals surface area contributed by atoms with Gasteiger partial charge in [-0.3, -0.25) is 19.8 Å². The Morgan fingerprint density at radius 2 is 1.63 bits per heavy atom. The lowest BCUT2D eigenvalue weighted by atomic mass is 9.48. The highest BCUT2D eigenvalue weighted by Gasteiger charge is 2.68. The molecule has 4 fully saturated rings. The minimum absolute atomic E-state index is 0.0490. The molecule has 0 spiro atoms. The van der Waals surface area contributed by atoms with Gasteiger partial charge in [-0.2, -0.15) is 4.99 Å². The lowest BCUT2D eigenvalue weighted by Gasteiger charge is -2.57. The third-order valence-electron chi connectivity index (χ3n) is 16.3. The molecule has 0 heterocycles. The van der Waals surface area contributed by atoms with Crippen LogP contribution in [0.1, 0.15) is 122 Å². The SMILES string of the molecule is C#C[C@]1(O)CC[C@H]2[C@@H]3CCc4cc(O)ccc4[C@H]3CC[C@@]21C.CC(=O)O[C@]1(C(C)=O)CC[C@H]2[C@@H]3C=C(Cl)C4=CC(=O)CC[C@]4(C)[C@H]3CC[C@@]21C.CN(C)C(=N)N=C(N)N. The number of ketones is 2. The number of terminal acetylenes is 1. The van der Waals surface area contributed by atoms with E-state index in [9.17, 15) is 24.6 Å². The fourth-order valence-electron chi connectivity index (χ4n) is 13.2. The topological polar surface area (TPSA) is 192 Å². The number of allylic oxidation sites excluding steroid dienone is 4. The predicted molar refractivity (Wildman–Crippen MR) is 230 cm³/mol. The molecule has 0 saturated heterocycles. The van der Waals surface area contributed by atoms with E-state index < -0.39 is 11.2 Å². The highest BCUT2D eigenvalue weighted by Crippen LogP contribution is 2.68. The van der Waals surface area contributed by atoms with Crippen molar-refractivity contribution in [3.05, 3.63) is 52.1 Å². The molecular weight excluding hydrogens is 766 g/mol. The van der Waals surface area contributed by atoms with Crippen LogP contribution in [0.4, 0.5) is 0 Å².